The largest absolute Gasteiger partial charge is 0.333 e. The fraction of sp³-hybridized carbons (Fsp3) is 0.250. The molecule has 2 N–H and O–H groups in total. The molecule has 1 unspecified atom stereocenters. The second-order valence-corrected chi connectivity index (χ2v) is 4.30. The highest BCUT2D eigenvalue weighted by molar-refractivity contribution is 6.20. The second-order valence-electron chi connectivity index (χ2n) is 3.74. The van der Waals surface area contributed by atoms with E-state index in [0.717, 1.165) is 12.2 Å². The highest BCUT2D eigenvalue weighted by Crippen LogP contribution is 2.06. The van der Waals surface area contributed by atoms with Crippen molar-refractivity contribution in [2.75, 3.05) is 0 Å². The van der Waals surface area contributed by atoms with Gasteiger partial charge in [0.05, 0.1) is 17.5 Å². The normalized spacial score (nSPS) is 12.6. The number of hydrogen-bond donors (Lipinski definition) is 1. The summed E-state index contributed by atoms with van der Waals surface area (Å²) in [5.41, 5.74) is 7.32. The molecule has 16 heavy (non-hydrogen) atoms. The number of halogens is 1. The molecule has 84 valence electrons. The fourth-order valence-electron chi connectivity index (χ4n) is 1.59. The van der Waals surface area contributed by atoms with E-state index in [1.54, 1.807) is 0 Å². The first kappa shape index (κ1) is 11.2. The summed E-state index contributed by atoms with van der Waals surface area (Å²) in [4.78, 5) is 4.25. The summed E-state index contributed by atoms with van der Waals surface area (Å²) in [5.74, 6) is 0. The SMILES string of the molecule is NC(Cl)Cc1cn(Cc2ccccc2)cn1. The maximum Gasteiger partial charge on any atom is 0.0952 e. The van der Waals surface area contributed by atoms with Gasteiger partial charge in [0.2, 0.25) is 0 Å². The van der Waals surface area contributed by atoms with E-state index in [0.29, 0.717) is 6.42 Å². The van der Waals surface area contributed by atoms with E-state index in [2.05, 4.69) is 17.1 Å². The number of alkyl halides is 1. The lowest BCUT2D eigenvalue weighted by Gasteiger charge is -2.01. The van der Waals surface area contributed by atoms with Gasteiger partial charge < -0.3 is 10.3 Å². The third kappa shape index (κ3) is 3.08. The molecule has 0 fully saturated rings. The first-order valence-electron chi connectivity index (χ1n) is 5.18. The molecule has 0 saturated carbocycles. The van der Waals surface area contributed by atoms with E-state index in [4.69, 9.17) is 17.3 Å². The molecule has 0 aliphatic rings. The van der Waals surface area contributed by atoms with Crippen LogP contribution in [0, 0.1) is 0 Å². The minimum Gasteiger partial charge on any atom is -0.333 e. The smallest absolute Gasteiger partial charge is 0.0952 e. The lowest BCUT2D eigenvalue weighted by molar-refractivity contribution is 0.794. The predicted octanol–water partition coefficient (Wildman–Crippen LogP) is 2.00. The van der Waals surface area contributed by atoms with Crippen molar-refractivity contribution in [1.29, 1.82) is 0 Å². The molecule has 4 heteroatoms. The third-order valence-electron chi connectivity index (χ3n) is 2.30. The van der Waals surface area contributed by atoms with Crippen molar-refractivity contribution >= 4 is 11.6 Å². The van der Waals surface area contributed by atoms with Crippen molar-refractivity contribution in [3.8, 4) is 0 Å². The first-order valence-corrected chi connectivity index (χ1v) is 5.62. The zero-order valence-electron chi connectivity index (χ0n) is 8.88. The van der Waals surface area contributed by atoms with Crippen LogP contribution in [-0.4, -0.2) is 15.1 Å². The summed E-state index contributed by atoms with van der Waals surface area (Å²) in [6, 6.07) is 10.2. The third-order valence-corrected chi connectivity index (χ3v) is 2.45. The molecule has 0 aliphatic heterocycles. The Morgan fingerprint density at radius 2 is 2.06 bits per heavy atom. The van der Waals surface area contributed by atoms with Crippen molar-refractivity contribution in [3.63, 3.8) is 0 Å². The second kappa shape index (κ2) is 5.14. The van der Waals surface area contributed by atoms with Gasteiger partial charge in [0.25, 0.3) is 0 Å². The molecule has 1 atom stereocenters. The summed E-state index contributed by atoms with van der Waals surface area (Å²) in [5, 5.41) is 0. The molecule has 0 spiro atoms. The Balaban J connectivity index is 2.03. The number of rotatable bonds is 4. The van der Waals surface area contributed by atoms with Crippen LogP contribution in [0.2, 0.25) is 0 Å². The van der Waals surface area contributed by atoms with Crippen molar-refractivity contribution in [3.05, 3.63) is 54.1 Å². The maximum atomic E-state index is 5.71. The summed E-state index contributed by atoms with van der Waals surface area (Å²) in [6.07, 6.45) is 4.39. The van der Waals surface area contributed by atoms with E-state index in [-0.39, 0.29) is 5.50 Å². The van der Waals surface area contributed by atoms with Crippen molar-refractivity contribution in [2.45, 2.75) is 18.5 Å². The Morgan fingerprint density at radius 3 is 2.75 bits per heavy atom. The maximum absolute atomic E-state index is 5.71. The first-order chi connectivity index (χ1) is 7.74. The van der Waals surface area contributed by atoms with E-state index in [1.807, 2.05) is 35.3 Å². The average Bonchev–Trinajstić information content (AvgIpc) is 2.66. The van der Waals surface area contributed by atoms with Crippen LogP contribution in [0.15, 0.2) is 42.9 Å². The molecular weight excluding hydrogens is 222 g/mol. The quantitative estimate of drug-likeness (QED) is 0.651. The highest BCUT2D eigenvalue weighted by atomic mass is 35.5. The van der Waals surface area contributed by atoms with Crippen LogP contribution in [0.5, 0.6) is 0 Å². The molecule has 1 heterocycles. The van der Waals surface area contributed by atoms with Crippen molar-refractivity contribution in [1.82, 2.24) is 9.55 Å². The molecule has 0 radical (unpaired) electrons. The van der Waals surface area contributed by atoms with Crippen LogP contribution in [-0.2, 0) is 13.0 Å². The topological polar surface area (TPSA) is 43.8 Å². The number of hydrogen-bond acceptors (Lipinski definition) is 2. The molecule has 1 aromatic carbocycles. The van der Waals surface area contributed by atoms with Crippen LogP contribution < -0.4 is 5.73 Å². The van der Waals surface area contributed by atoms with Crippen molar-refractivity contribution in [2.24, 2.45) is 5.73 Å². The van der Waals surface area contributed by atoms with E-state index >= 15 is 0 Å². The van der Waals surface area contributed by atoms with Gasteiger partial charge >= 0.3 is 0 Å². The standard InChI is InChI=1S/C12H14ClN3/c13-12(14)6-11-8-16(9-15-11)7-10-4-2-1-3-5-10/h1-5,8-9,12H,6-7,14H2. The number of aromatic nitrogens is 2. The summed E-state index contributed by atoms with van der Waals surface area (Å²) in [6.45, 7) is 0.825. The van der Waals surface area contributed by atoms with Gasteiger partial charge in [-0.1, -0.05) is 30.3 Å². The Morgan fingerprint density at radius 1 is 1.31 bits per heavy atom. The van der Waals surface area contributed by atoms with Gasteiger partial charge in [-0.2, -0.15) is 0 Å². The van der Waals surface area contributed by atoms with E-state index < -0.39 is 0 Å². The van der Waals surface area contributed by atoms with Crippen LogP contribution in [0.1, 0.15) is 11.3 Å². The van der Waals surface area contributed by atoms with Crippen molar-refractivity contribution < 1.29 is 0 Å². The molecule has 1 aromatic heterocycles. The minimum atomic E-state index is -0.361. The van der Waals surface area contributed by atoms with E-state index in [9.17, 15) is 0 Å². The average molecular weight is 236 g/mol. The fourth-order valence-corrected chi connectivity index (χ4v) is 1.75. The van der Waals surface area contributed by atoms with Gasteiger partial charge in [0.15, 0.2) is 0 Å². The van der Waals surface area contributed by atoms with Crippen LogP contribution in [0.4, 0.5) is 0 Å². The molecule has 0 bridgehead atoms. The molecule has 0 saturated heterocycles. The molecular formula is C12H14ClN3. The summed E-state index contributed by atoms with van der Waals surface area (Å²) >= 11 is 5.71. The van der Waals surface area contributed by atoms with Crippen LogP contribution in [0.3, 0.4) is 0 Å². The summed E-state index contributed by atoms with van der Waals surface area (Å²) < 4.78 is 2.03. The molecule has 3 nitrogen and oxygen atoms in total. The van der Waals surface area contributed by atoms with Gasteiger partial charge in [0.1, 0.15) is 0 Å². The zero-order valence-corrected chi connectivity index (χ0v) is 9.64. The predicted molar refractivity (Wildman–Crippen MR) is 65.3 cm³/mol. The van der Waals surface area contributed by atoms with Crippen LogP contribution in [0.25, 0.3) is 0 Å². The van der Waals surface area contributed by atoms with Gasteiger partial charge in [-0.25, -0.2) is 4.98 Å². The molecule has 2 rings (SSSR count). The zero-order chi connectivity index (χ0) is 11.4. The monoisotopic (exact) mass is 235 g/mol. The molecule has 2 aromatic rings. The number of benzene rings is 1. The summed E-state index contributed by atoms with van der Waals surface area (Å²) in [7, 11) is 0. The van der Waals surface area contributed by atoms with E-state index in [1.165, 1.54) is 5.56 Å². The number of nitrogens with zero attached hydrogens (tertiary/aromatic N) is 2. The minimum absolute atomic E-state index is 0.361. The molecule has 0 aliphatic carbocycles. The Hall–Kier alpha value is -1.32. The number of imidazole rings is 1. The molecule has 0 amide bonds. The van der Waals surface area contributed by atoms with Gasteiger partial charge in [-0.05, 0) is 5.56 Å². The van der Waals surface area contributed by atoms with Gasteiger partial charge in [-0.15, -0.1) is 11.6 Å². The number of nitrogens with two attached hydrogens (primary N) is 1. The Kier molecular flexibility index (Phi) is 3.59. The van der Waals surface area contributed by atoms with Gasteiger partial charge in [0, 0.05) is 19.2 Å². The van der Waals surface area contributed by atoms with Crippen LogP contribution >= 0.6 is 11.6 Å². The Labute approximate surface area is 99.9 Å². The lowest BCUT2D eigenvalue weighted by Crippen LogP contribution is -2.14. The highest BCUT2D eigenvalue weighted by Gasteiger charge is 2.03. The van der Waals surface area contributed by atoms with Gasteiger partial charge in [-0.3, -0.25) is 0 Å². The lowest BCUT2D eigenvalue weighted by atomic mass is 10.2. The Bertz CT molecular complexity index is 437.